The third kappa shape index (κ3) is 4.86. The van der Waals surface area contributed by atoms with E-state index in [1.807, 2.05) is 24.3 Å². The van der Waals surface area contributed by atoms with E-state index in [2.05, 4.69) is 10.6 Å². The summed E-state index contributed by atoms with van der Waals surface area (Å²) in [6.45, 7) is 2.11. The fourth-order valence-electron chi connectivity index (χ4n) is 2.66. The van der Waals surface area contributed by atoms with Crippen molar-refractivity contribution in [3.63, 3.8) is 0 Å². The Morgan fingerprint density at radius 1 is 1.38 bits per heavy atom. The fourth-order valence-corrected chi connectivity index (χ4v) is 2.66. The van der Waals surface area contributed by atoms with Crippen LogP contribution in [0.25, 0.3) is 0 Å². The number of ether oxygens (including phenoxy) is 2. The molecule has 2 N–H and O–H groups in total. The van der Waals surface area contributed by atoms with Crippen molar-refractivity contribution in [1.82, 2.24) is 15.5 Å². The van der Waals surface area contributed by atoms with Crippen molar-refractivity contribution in [2.24, 2.45) is 0 Å². The number of para-hydroxylation sites is 1. The summed E-state index contributed by atoms with van der Waals surface area (Å²) in [5, 5.41) is 5.53. The smallest absolute Gasteiger partial charge is 0.318 e. The second-order valence-electron chi connectivity index (χ2n) is 5.66. The summed E-state index contributed by atoms with van der Waals surface area (Å²) in [6.07, 6.45) is 1.33. The molecule has 24 heavy (non-hydrogen) atoms. The summed E-state index contributed by atoms with van der Waals surface area (Å²) >= 11 is 0. The zero-order chi connectivity index (χ0) is 17.4. The summed E-state index contributed by atoms with van der Waals surface area (Å²) in [5.74, 6) is 0.609. The van der Waals surface area contributed by atoms with Crippen LogP contribution in [0.4, 0.5) is 4.79 Å². The van der Waals surface area contributed by atoms with E-state index in [0.29, 0.717) is 32.7 Å². The number of nitrogens with zero attached hydrogens (tertiary/aromatic N) is 1. The molecule has 0 radical (unpaired) electrons. The predicted molar refractivity (Wildman–Crippen MR) is 89.8 cm³/mol. The summed E-state index contributed by atoms with van der Waals surface area (Å²) in [4.78, 5) is 25.9. The molecule has 1 heterocycles. The molecule has 0 bridgehead atoms. The minimum absolute atomic E-state index is 0.127. The molecular weight excluding hydrogens is 310 g/mol. The molecule has 2 rings (SSSR count). The standard InChI is InChI=1S/C17H25N3O4/c1-23-11-5-10-20(12-13-6-3-4-7-15(13)24-2)17(22)19-14-8-9-18-16(14)21/h3-4,6-7,14H,5,8-12H2,1-2H3,(H,18,21)(H,19,22)/t14-/m1/s1. The maximum atomic E-state index is 12.6. The quantitative estimate of drug-likeness (QED) is 0.698. The number of carbonyl (C=O) groups is 2. The highest BCUT2D eigenvalue weighted by atomic mass is 16.5. The predicted octanol–water partition coefficient (Wildman–Crippen LogP) is 1.13. The van der Waals surface area contributed by atoms with Gasteiger partial charge in [-0.25, -0.2) is 4.79 Å². The summed E-state index contributed by atoms with van der Waals surface area (Å²) < 4.78 is 10.4. The number of carbonyl (C=O) groups excluding carboxylic acids is 2. The molecule has 1 aliphatic rings. The number of nitrogens with one attached hydrogen (secondary N) is 2. The first-order chi connectivity index (χ1) is 11.7. The van der Waals surface area contributed by atoms with Crippen LogP contribution >= 0.6 is 0 Å². The molecule has 1 aromatic carbocycles. The molecule has 1 aliphatic heterocycles. The third-order valence-corrected chi connectivity index (χ3v) is 3.96. The zero-order valence-corrected chi connectivity index (χ0v) is 14.2. The average molecular weight is 335 g/mol. The molecule has 0 saturated carbocycles. The number of amides is 3. The van der Waals surface area contributed by atoms with Crippen LogP contribution in [-0.4, -0.2) is 56.8 Å². The third-order valence-electron chi connectivity index (χ3n) is 3.96. The van der Waals surface area contributed by atoms with E-state index >= 15 is 0 Å². The molecule has 0 unspecified atom stereocenters. The second kappa shape index (κ2) is 9.12. The van der Waals surface area contributed by atoms with E-state index in [9.17, 15) is 9.59 Å². The van der Waals surface area contributed by atoms with E-state index in [0.717, 1.165) is 17.7 Å². The van der Waals surface area contributed by atoms with Crippen molar-refractivity contribution >= 4 is 11.9 Å². The van der Waals surface area contributed by atoms with Crippen molar-refractivity contribution < 1.29 is 19.1 Å². The molecule has 7 heteroatoms. The Balaban J connectivity index is 2.05. The summed E-state index contributed by atoms with van der Waals surface area (Å²) in [7, 11) is 3.24. The van der Waals surface area contributed by atoms with Gasteiger partial charge in [-0.3, -0.25) is 4.79 Å². The monoisotopic (exact) mass is 335 g/mol. The SMILES string of the molecule is COCCCN(Cc1ccccc1OC)C(=O)N[C@@H]1CCNC1=O. The molecule has 1 saturated heterocycles. The van der Waals surface area contributed by atoms with Gasteiger partial charge in [0.25, 0.3) is 0 Å². The van der Waals surface area contributed by atoms with Crippen molar-refractivity contribution in [2.75, 3.05) is 33.9 Å². The van der Waals surface area contributed by atoms with Gasteiger partial charge in [-0.1, -0.05) is 18.2 Å². The van der Waals surface area contributed by atoms with Gasteiger partial charge in [-0.05, 0) is 18.9 Å². The number of urea groups is 1. The lowest BCUT2D eigenvalue weighted by Crippen LogP contribution is -2.47. The van der Waals surface area contributed by atoms with E-state index < -0.39 is 6.04 Å². The number of methoxy groups -OCH3 is 2. The zero-order valence-electron chi connectivity index (χ0n) is 14.2. The topological polar surface area (TPSA) is 79.9 Å². The van der Waals surface area contributed by atoms with Crippen LogP contribution in [0, 0.1) is 0 Å². The Morgan fingerprint density at radius 3 is 2.83 bits per heavy atom. The van der Waals surface area contributed by atoms with Gasteiger partial charge in [0.15, 0.2) is 0 Å². The molecule has 1 fully saturated rings. The lowest BCUT2D eigenvalue weighted by atomic mass is 10.2. The highest BCUT2D eigenvalue weighted by Gasteiger charge is 2.27. The van der Waals surface area contributed by atoms with Crippen LogP contribution in [-0.2, 0) is 16.1 Å². The van der Waals surface area contributed by atoms with Gasteiger partial charge in [0.2, 0.25) is 5.91 Å². The highest BCUT2D eigenvalue weighted by molar-refractivity contribution is 5.88. The average Bonchev–Trinajstić information content (AvgIpc) is 2.99. The van der Waals surface area contributed by atoms with Gasteiger partial charge in [0.05, 0.1) is 13.7 Å². The maximum Gasteiger partial charge on any atom is 0.318 e. The lowest BCUT2D eigenvalue weighted by molar-refractivity contribution is -0.120. The Hall–Kier alpha value is -2.28. The van der Waals surface area contributed by atoms with Crippen LogP contribution in [0.5, 0.6) is 5.75 Å². The van der Waals surface area contributed by atoms with Crippen LogP contribution in [0.1, 0.15) is 18.4 Å². The molecule has 0 aliphatic carbocycles. The summed E-state index contributed by atoms with van der Waals surface area (Å²) in [5.41, 5.74) is 0.920. The molecule has 0 aromatic heterocycles. The molecule has 3 amide bonds. The molecule has 0 spiro atoms. The Labute approximate surface area is 142 Å². The van der Waals surface area contributed by atoms with Crippen LogP contribution in [0.3, 0.4) is 0 Å². The van der Waals surface area contributed by atoms with Crippen LogP contribution in [0.2, 0.25) is 0 Å². The van der Waals surface area contributed by atoms with E-state index in [4.69, 9.17) is 9.47 Å². The van der Waals surface area contributed by atoms with Crippen molar-refractivity contribution in [3.8, 4) is 5.75 Å². The summed E-state index contributed by atoms with van der Waals surface area (Å²) in [6, 6.07) is 6.88. The second-order valence-corrected chi connectivity index (χ2v) is 5.66. The molecule has 7 nitrogen and oxygen atoms in total. The van der Waals surface area contributed by atoms with E-state index in [1.165, 1.54) is 0 Å². The van der Waals surface area contributed by atoms with Crippen molar-refractivity contribution in [2.45, 2.75) is 25.4 Å². The number of benzene rings is 1. The van der Waals surface area contributed by atoms with Crippen LogP contribution in [0.15, 0.2) is 24.3 Å². The van der Waals surface area contributed by atoms with Gasteiger partial charge in [0.1, 0.15) is 11.8 Å². The highest BCUT2D eigenvalue weighted by Crippen LogP contribution is 2.19. The lowest BCUT2D eigenvalue weighted by Gasteiger charge is -2.25. The number of hydrogen-bond acceptors (Lipinski definition) is 4. The van der Waals surface area contributed by atoms with Gasteiger partial charge < -0.3 is 25.0 Å². The van der Waals surface area contributed by atoms with Gasteiger partial charge in [0, 0.05) is 32.4 Å². The molecule has 132 valence electrons. The molecule has 1 aromatic rings. The normalized spacial score (nSPS) is 16.6. The largest absolute Gasteiger partial charge is 0.496 e. The first-order valence-electron chi connectivity index (χ1n) is 8.09. The van der Waals surface area contributed by atoms with Gasteiger partial charge in [-0.15, -0.1) is 0 Å². The number of hydrogen-bond donors (Lipinski definition) is 2. The Kier molecular flexibility index (Phi) is 6.87. The number of rotatable bonds is 8. The maximum absolute atomic E-state index is 12.6. The Morgan fingerprint density at radius 2 is 2.17 bits per heavy atom. The van der Waals surface area contributed by atoms with Crippen molar-refractivity contribution in [3.05, 3.63) is 29.8 Å². The van der Waals surface area contributed by atoms with Gasteiger partial charge >= 0.3 is 6.03 Å². The minimum Gasteiger partial charge on any atom is -0.496 e. The van der Waals surface area contributed by atoms with E-state index in [-0.39, 0.29) is 11.9 Å². The first kappa shape index (κ1) is 18.1. The first-order valence-corrected chi connectivity index (χ1v) is 8.09. The molecule has 1 atom stereocenters. The fraction of sp³-hybridized carbons (Fsp3) is 0.529. The molecular formula is C17H25N3O4. The minimum atomic E-state index is -0.458. The van der Waals surface area contributed by atoms with E-state index in [1.54, 1.807) is 19.1 Å². The Bertz CT molecular complexity index is 565. The van der Waals surface area contributed by atoms with Gasteiger partial charge in [-0.2, -0.15) is 0 Å². The van der Waals surface area contributed by atoms with Crippen LogP contribution < -0.4 is 15.4 Å². The van der Waals surface area contributed by atoms with Crippen molar-refractivity contribution in [1.29, 1.82) is 0 Å².